The van der Waals surface area contributed by atoms with Crippen molar-refractivity contribution in [2.24, 2.45) is 5.73 Å². The van der Waals surface area contributed by atoms with Gasteiger partial charge in [-0.1, -0.05) is 70.4 Å². The molecule has 0 rings (SSSR count). The summed E-state index contributed by atoms with van der Waals surface area (Å²) in [5, 5.41) is 18.3. The fourth-order valence-corrected chi connectivity index (χ4v) is 2.06. The van der Waals surface area contributed by atoms with E-state index in [9.17, 15) is 5.11 Å². The summed E-state index contributed by atoms with van der Waals surface area (Å²) in [5.41, 5.74) is 5.50. The molecule has 0 radical (unpaired) electrons. The molecule has 0 aromatic carbocycles. The summed E-state index contributed by atoms with van der Waals surface area (Å²) >= 11 is 0. The van der Waals surface area contributed by atoms with Crippen molar-refractivity contribution in [3.8, 4) is 0 Å². The lowest BCUT2D eigenvalue weighted by Gasteiger charge is -2.11. The van der Waals surface area contributed by atoms with E-state index in [0.29, 0.717) is 0 Å². The number of aliphatic hydroxyl groups is 2. The second-order valence-corrected chi connectivity index (χ2v) is 5.38. The highest BCUT2D eigenvalue weighted by molar-refractivity contribution is 4.93. The van der Waals surface area contributed by atoms with Gasteiger partial charge < -0.3 is 15.9 Å². The van der Waals surface area contributed by atoms with Crippen LogP contribution < -0.4 is 5.73 Å². The van der Waals surface area contributed by atoms with Gasteiger partial charge in [0.15, 0.2) is 0 Å². The Morgan fingerprint density at radius 2 is 1.47 bits per heavy atom. The Balaban J connectivity index is 3.24. The minimum absolute atomic E-state index is 0.177. The van der Waals surface area contributed by atoms with E-state index in [1.807, 2.05) is 6.08 Å². The maximum Gasteiger partial charge on any atom is 0.0894 e. The third-order valence-electron chi connectivity index (χ3n) is 3.46. The van der Waals surface area contributed by atoms with Gasteiger partial charge in [-0.05, 0) is 12.8 Å². The summed E-state index contributed by atoms with van der Waals surface area (Å²) < 4.78 is 0. The molecule has 3 nitrogen and oxygen atoms in total. The van der Waals surface area contributed by atoms with Crippen LogP contribution in [-0.2, 0) is 0 Å². The zero-order valence-electron chi connectivity index (χ0n) is 12.6. The smallest absolute Gasteiger partial charge is 0.0894 e. The maximum absolute atomic E-state index is 9.49. The summed E-state index contributed by atoms with van der Waals surface area (Å²) in [6.07, 6.45) is 15.9. The normalized spacial score (nSPS) is 14.9. The molecule has 0 aliphatic heterocycles. The zero-order valence-corrected chi connectivity index (χ0v) is 12.6. The SMILES string of the molecule is CCCCCCCCCCC/C=C/C(O)C(N)CO. The van der Waals surface area contributed by atoms with Crippen molar-refractivity contribution in [3.05, 3.63) is 12.2 Å². The molecule has 0 spiro atoms. The summed E-state index contributed by atoms with van der Waals surface area (Å²) in [6, 6.07) is -0.556. The van der Waals surface area contributed by atoms with Crippen LogP contribution in [0.25, 0.3) is 0 Å². The van der Waals surface area contributed by atoms with Crippen molar-refractivity contribution in [3.63, 3.8) is 0 Å². The molecule has 0 heterocycles. The molecule has 0 fully saturated rings. The van der Waals surface area contributed by atoms with E-state index >= 15 is 0 Å². The molecule has 0 aromatic heterocycles. The number of hydrogen-bond acceptors (Lipinski definition) is 3. The molecule has 2 atom stereocenters. The van der Waals surface area contributed by atoms with Gasteiger partial charge in [0.05, 0.1) is 18.8 Å². The van der Waals surface area contributed by atoms with Gasteiger partial charge in [-0.15, -0.1) is 0 Å². The first-order valence-corrected chi connectivity index (χ1v) is 7.93. The first kappa shape index (κ1) is 18.6. The first-order valence-electron chi connectivity index (χ1n) is 7.93. The highest BCUT2D eigenvalue weighted by Gasteiger charge is 2.08. The standard InChI is InChI=1S/C16H33NO2/c1-2-3-4-5-6-7-8-9-10-11-12-13-16(19)15(17)14-18/h12-13,15-16,18-19H,2-11,14,17H2,1H3/b13-12+. The molecule has 0 amide bonds. The van der Waals surface area contributed by atoms with Gasteiger partial charge in [0.2, 0.25) is 0 Å². The minimum atomic E-state index is -0.719. The van der Waals surface area contributed by atoms with Gasteiger partial charge in [-0.25, -0.2) is 0 Å². The Labute approximate surface area is 118 Å². The predicted molar refractivity (Wildman–Crippen MR) is 82.1 cm³/mol. The van der Waals surface area contributed by atoms with Crippen LogP contribution in [0.1, 0.15) is 71.1 Å². The number of rotatable bonds is 13. The van der Waals surface area contributed by atoms with Gasteiger partial charge >= 0.3 is 0 Å². The van der Waals surface area contributed by atoms with Crippen molar-refractivity contribution in [1.29, 1.82) is 0 Å². The fraction of sp³-hybridized carbons (Fsp3) is 0.875. The lowest BCUT2D eigenvalue weighted by molar-refractivity contribution is 0.144. The minimum Gasteiger partial charge on any atom is -0.395 e. The van der Waals surface area contributed by atoms with Crippen LogP contribution >= 0.6 is 0 Å². The number of aliphatic hydroxyl groups excluding tert-OH is 2. The van der Waals surface area contributed by atoms with E-state index in [-0.39, 0.29) is 6.61 Å². The van der Waals surface area contributed by atoms with E-state index in [2.05, 4.69) is 6.92 Å². The second-order valence-electron chi connectivity index (χ2n) is 5.38. The third-order valence-corrected chi connectivity index (χ3v) is 3.46. The monoisotopic (exact) mass is 271 g/mol. The Bertz CT molecular complexity index is 207. The van der Waals surface area contributed by atoms with Crippen LogP contribution in [0.4, 0.5) is 0 Å². The van der Waals surface area contributed by atoms with Crippen LogP contribution in [0.15, 0.2) is 12.2 Å². The molecule has 114 valence electrons. The third kappa shape index (κ3) is 12.4. The highest BCUT2D eigenvalue weighted by atomic mass is 16.3. The van der Waals surface area contributed by atoms with Crippen molar-refractivity contribution < 1.29 is 10.2 Å². The molecular weight excluding hydrogens is 238 g/mol. The van der Waals surface area contributed by atoms with E-state index in [0.717, 1.165) is 6.42 Å². The lowest BCUT2D eigenvalue weighted by atomic mass is 10.1. The van der Waals surface area contributed by atoms with Gasteiger partial charge in [0, 0.05) is 0 Å². The number of hydrogen-bond donors (Lipinski definition) is 3. The summed E-state index contributed by atoms with van der Waals surface area (Å²) in [4.78, 5) is 0. The van der Waals surface area contributed by atoms with Gasteiger partial charge in [-0.2, -0.15) is 0 Å². The average molecular weight is 271 g/mol. The Kier molecular flexibility index (Phi) is 13.8. The van der Waals surface area contributed by atoms with Crippen molar-refractivity contribution >= 4 is 0 Å². The first-order chi connectivity index (χ1) is 9.22. The predicted octanol–water partition coefficient (Wildman–Crippen LogP) is 3.14. The molecule has 4 N–H and O–H groups in total. The number of nitrogens with two attached hydrogens (primary N) is 1. The molecule has 0 aliphatic carbocycles. The van der Waals surface area contributed by atoms with Gasteiger partial charge in [-0.3, -0.25) is 0 Å². The molecule has 0 aromatic rings. The van der Waals surface area contributed by atoms with Crippen LogP contribution in [0.3, 0.4) is 0 Å². The molecule has 2 unspecified atom stereocenters. The quantitative estimate of drug-likeness (QED) is 0.356. The molecule has 0 saturated carbocycles. The number of allylic oxidation sites excluding steroid dienone is 1. The number of unbranched alkanes of at least 4 members (excludes halogenated alkanes) is 9. The zero-order chi connectivity index (χ0) is 14.3. The summed E-state index contributed by atoms with van der Waals surface area (Å²) in [7, 11) is 0. The molecule has 0 aliphatic rings. The maximum atomic E-state index is 9.49. The van der Waals surface area contributed by atoms with Crippen LogP contribution in [0.2, 0.25) is 0 Å². The summed E-state index contributed by atoms with van der Waals surface area (Å²) in [6.45, 7) is 2.07. The Morgan fingerprint density at radius 1 is 0.947 bits per heavy atom. The largest absolute Gasteiger partial charge is 0.395 e. The molecule has 19 heavy (non-hydrogen) atoms. The summed E-state index contributed by atoms with van der Waals surface area (Å²) in [5.74, 6) is 0. The Morgan fingerprint density at radius 3 is 2.00 bits per heavy atom. The van der Waals surface area contributed by atoms with Gasteiger partial charge in [0.25, 0.3) is 0 Å². The highest BCUT2D eigenvalue weighted by Crippen LogP contribution is 2.10. The second kappa shape index (κ2) is 14.0. The topological polar surface area (TPSA) is 66.5 Å². The van der Waals surface area contributed by atoms with E-state index in [4.69, 9.17) is 10.8 Å². The van der Waals surface area contributed by atoms with E-state index < -0.39 is 12.1 Å². The Hall–Kier alpha value is -0.380. The van der Waals surface area contributed by atoms with Crippen LogP contribution in [-0.4, -0.2) is 29.0 Å². The van der Waals surface area contributed by atoms with Crippen molar-refractivity contribution in [2.75, 3.05) is 6.61 Å². The van der Waals surface area contributed by atoms with Gasteiger partial charge in [0.1, 0.15) is 0 Å². The molecule has 0 bridgehead atoms. The van der Waals surface area contributed by atoms with Crippen molar-refractivity contribution in [1.82, 2.24) is 0 Å². The fourth-order valence-electron chi connectivity index (χ4n) is 2.06. The molecular formula is C16H33NO2. The molecule has 3 heteroatoms. The van der Waals surface area contributed by atoms with Crippen LogP contribution in [0.5, 0.6) is 0 Å². The van der Waals surface area contributed by atoms with E-state index in [1.165, 1.54) is 57.8 Å². The lowest BCUT2D eigenvalue weighted by Crippen LogP contribution is -2.36. The average Bonchev–Trinajstić information content (AvgIpc) is 2.43. The molecule has 0 saturated heterocycles. The van der Waals surface area contributed by atoms with E-state index in [1.54, 1.807) is 6.08 Å². The van der Waals surface area contributed by atoms with Crippen LogP contribution in [0, 0.1) is 0 Å². The van der Waals surface area contributed by atoms with Crippen molar-refractivity contribution in [2.45, 2.75) is 83.3 Å².